The quantitative estimate of drug-likeness (QED) is 0.337. The van der Waals surface area contributed by atoms with Crippen molar-refractivity contribution in [2.45, 2.75) is 18.5 Å². The standard InChI is InChI=1S/C22H18F5N7O3/c1-35-20-12(7-30-21(31-20)36-2)13-6-15(19-29-8-17(23)34(19)32-13)33-9-16(22(26,27)10-33)37-11-3-4-28-14(5-11)18(24)25/h3-8,16,18H,9-10H2,1-2H3/t16-/m0/s1. The number of aromatic nitrogens is 6. The fourth-order valence-corrected chi connectivity index (χ4v) is 3.92. The molecule has 10 nitrogen and oxygen atoms in total. The van der Waals surface area contributed by atoms with Crippen molar-refractivity contribution in [3.63, 3.8) is 0 Å². The van der Waals surface area contributed by atoms with Gasteiger partial charge in [-0.3, -0.25) is 4.98 Å². The zero-order chi connectivity index (χ0) is 26.3. The summed E-state index contributed by atoms with van der Waals surface area (Å²) in [6.07, 6.45) is -1.29. The van der Waals surface area contributed by atoms with E-state index in [2.05, 4.69) is 25.0 Å². The summed E-state index contributed by atoms with van der Waals surface area (Å²) in [5.41, 5.74) is -0.132. The number of methoxy groups -OCH3 is 2. The fraction of sp³-hybridized carbons (Fsp3) is 0.318. The van der Waals surface area contributed by atoms with E-state index in [0.29, 0.717) is 0 Å². The lowest BCUT2D eigenvalue weighted by Crippen LogP contribution is -2.36. The molecule has 4 aromatic rings. The number of fused-ring (bicyclic) bond motifs is 1. The highest BCUT2D eigenvalue weighted by Gasteiger charge is 2.50. The van der Waals surface area contributed by atoms with Crippen LogP contribution >= 0.6 is 0 Å². The molecule has 15 heteroatoms. The Morgan fingerprint density at radius 3 is 2.62 bits per heavy atom. The van der Waals surface area contributed by atoms with Crippen LogP contribution in [-0.4, -0.2) is 68.9 Å². The Morgan fingerprint density at radius 2 is 1.89 bits per heavy atom. The lowest BCUT2D eigenvalue weighted by Gasteiger charge is -2.19. The molecule has 194 valence electrons. The van der Waals surface area contributed by atoms with Gasteiger partial charge in [-0.2, -0.15) is 19.0 Å². The van der Waals surface area contributed by atoms with Gasteiger partial charge >= 0.3 is 11.9 Å². The minimum absolute atomic E-state index is 0.0148. The third-order valence-corrected chi connectivity index (χ3v) is 5.64. The molecule has 0 unspecified atom stereocenters. The van der Waals surface area contributed by atoms with E-state index >= 15 is 8.78 Å². The molecule has 0 amide bonds. The minimum atomic E-state index is -3.39. The van der Waals surface area contributed by atoms with Crippen LogP contribution in [0.15, 0.2) is 36.8 Å². The molecular formula is C22H18F5N7O3. The molecule has 4 aromatic heterocycles. The monoisotopic (exact) mass is 523 g/mol. The second-order valence-electron chi connectivity index (χ2n) is 7.98. The number of imidazole rings is 1. The van der Waals surface area contributed by atoms with Crippen molar-refractivity contribution in [2.75, 3.05) is 32.2 Å². The smallest absolute Gasteiger partial charge is 0.319 e. The van der Waals surface area contributed by atoms with Crippen molar-refractivity contribution in [3.05, 3.63) is 48.4 Å². The second kappa shape index (κ2) is 9.29. The van der Waals surface area contributed by atoms with Gasteiger partial charge in [0.2, 0.25) is 11.8 Å². The van der Waals surface area contributed by atoms with Crippen molar-refractivity contribution < 1.29 is 36.2 Å². The van der Waals surface area contributed by atoms with Crippen molar-refractivity contribution in [2.24, 2.45) is 0 Å². The molecule has 0 N–H and O–H groups in total. The molecule has 0 saturated carbocycles. The second-order valence-corrected chi connectivity index (χ2v) is 7.98. The molecular weight excluding hydrogens is 505 g/mol. The molecule has 0 aromatic carbocycles. The molecule has 1 aliphatic rings. The van der Waals surface area contributed by atoms with Crippen molar-refractivity contribution in [3.8, 4) is 28.9 Å². The predicted octanol–water partition coefficient (Wildman–Crippen LogP) is 3.58. The van der Waals surface area contributed by atoms with E-state index in [1.54, 1.807) is 0 Å². The molecule has 0 radical (unpaired) electrons. The first-order valence-electron chi connectivity index (χ1n) is 10.7. The number of rotatable bonds is 7. The number of hydrogen-bond acceptors (Lipinski definition) is 9. The zero-order valence-electron chi connectivity index (χ0n) is 19.3. The molecule has 5 heterocycles. The molecule has 1 atom stereocenters. The highest BCUT2D eigenvalue weighted by atomic mass is 19.3. The van der Waals surface area contributed by atoms with E-state index in [1.807, 2.05) is 0 Å². The third kappa shape index (κ3) is 4.51. The Hall–Kier alpha value is -4.30. The number of nitrogens with zero attached hydrogens (tertiary/aromatic N) is 7. The Morgan fingerprint density at radius 1 is 1.08 bits per heavy atom. The number of hydrogen-bond donors (Lipinski definition) is 0. The summed E-state index contributed by atoms with van der Waals surface area (Å²) in [4.78, 5) is 16.8. The van der Waals surface area contributed by atoms with Gasteiger partial charge in [0.15, 0.2) is 11.8 Å². The summed E-state index contributed by atoms with van der Waals surface area (Å²) in [7, 11) is 2.72. The minimum Gasteiger partial charge on any atom is -0.482 e. The predicted molar refractivity (Wildman–Crippen MR) is 118 cm³/mol. The molecule has 0 spiro atoms. The van der Waals surface area contributed by atoms with Gasteiger partial charge < -0.3 is 19.1 Å². The Labute approximate surface area is 205 Å². The van der Waals surface area contributed by atoms with Gasteiger partial charge in [-0.1, -0.05) is 0 Å². The summed E-state index contributed by atoms with van der Waals surface area (Å²) in [6, 6.07) is 3.57. The zero-order valence-corrected chi connectivity index (χ0v) is 19.3. The highest BCUT2D eigenvalue weighted by molar-refractivity contribution is 5.76. The first kappa shape index (κ1) is 24.4. The first-order chi connectivity index (χ1) is 17.7. The average Bonchev–Trinajstić information content (AvgIpc) is 3.41. The van der Waals surface area contributed by atoms with Gasteiger partial charge in [0, 0.05) is 18.5 Å². The number of ether oxygens (including phenoxy) is 3. The molecule has 1 fully saturated rings. The van der Waals surface area contributed by atoms with Gasteiger partial charge in [-0.25, -0.2) is 27.5 Å². The lowest BCUT2D eigenvalue weighted by atomic mass is 10.2. The largest absolute Gasteiger partial charge is 0.482 e. The van der Waals surface area contributed by atoms with Crippen LogP contribution in [0.1, 0.15) is 12.1 Å². The Balaban J connectivity index is 1.53. The van der Waals surface area contributed by atoms with Crippen LogP contribution in [0.3, 0.4) is 0 Å². The molecule has 0 bridgehead atoms. The molecule has 1 aliphatic heterocycles. The Kier molecular flexibility index (Phi) is 6.13. The fourth-order valence-electron chi connectivity index (χ4n) is 3.92. The normalized spacial score (nSPS) is 17.0. The van der Waals surface area contributed by atoms with Crippen LogP contribution in [0.2, 0.25) is 0 Å². The summed E-state index contributed by atoms with van der Waals surface area (Å²) in [6.45, 7) is -1.17. The summed E-state index contributed by atoms with van der Waals surface area (Å²) >= 11 is 0. The van der Waals surface area contributed by atoms with Gasteiger partial charge in [0.1, 0.15) is 17.1 Å². The molecule has 5 rings (SSSR count). The molecule has 1 saturated heterocycles. The summed E-state index contributed by atoms with van der Waals surface area (Å²) in [5.74, 6) is -4.34. The van der Waals surface area contributed by atoms with E-state index in [4.69, 9.17) is 14.2 Å². The molecule has 0 aliphatic carbocycles. The molecule has 37 heavy (non-hydrogen) atoms. The van der Waals surface area contributed by atoms with Crippen LogP contribution in [0.4, 0.5) is 27.6 Å². The third-order valence-electron chi connectivity index (χ3n) is 5.64. The first-order valence-corrected chi connectivity index (χ1v) is 10.7. The number of alkyl halides is 4. The maximum atomic E-state index is 15.0. The number of anilines is 1. The van der Waals surface area contributed by atoms with Crippen LogP contribution in [0, 0.1) is 5.95 Å². The van der Waals surface area contributed by atoms with E-state index in [-0.39, 0.29) is 46.8 Å². The van der Waals surface area contributed by atoms with Gasteiger partial charge in [-0.05, 0) is 12.1 Å². The maximum absolute atomic E-state index is 15.0. The average molecular weight is 523 g/mol. The van der Waals surface area contributed by atoms with Crippen molar-refractivity contribution >= 4 is 11.3 Å². The maximum Gasteiger partial charge on any atom is 0.319 e. The van der Waals surface area contributed by atoms with Gasteiger partial charge in [0.25, 0.3) is 6.43 Å². The number of halogens is 5. The van der Waals surface area contributed by atoms with Crippen LogP contribution < -0.4 is 19.1 Å². The Bertz CT molecular complexity index is 1450. The van der Waals surface area contributed by atoms with Crippen LogP contribution in [0.25, 0.3) is 16.9 Å². The van der Waals surface area contributed by atoms with Crippen LogP contribution in [0.5, 0.6) is 17.6 Å². The van der Waals surface area contributed by atoms with Crippen molar-refractivity contribution in [1.29, 1.82) is 0 Å². The highest BCUT2D eigenvalue weighted by Crippen LogP contribution is 2.38. The summed E-state index contributed by atoms with van der Waals surface area (Å²) in [5, 5.41) is 4.21. The van der Waals surface area contributed by atoms with Gasteiger partial charge in [-0.15, -0.1) is 0 Å². The lowest BCUT2D eigenvalue weighted by molar-refractivity contribution is -0.0595. The van der Waals surface area contributed by atoms with Crippen LogP contribution in [-0.2, 0) is 0 Å². The van der Waals surface area contributed by atoms with Gasteiger partial charge in [0.05, 0.1) is 44.8 Å². The van der Waals surface area contributed by atoms with E-state index in [1.165, 1.54) is 37.4 Å². The van der Waals surface area contributed by atoms with E-state index in [0.717, 1.165) is 23.0 Å². The van der Waals surface area contributed by atoms with E-state index < -0.39 is 36.6 Å². The number of pyridine rings is 1. The van der Waals surface area contributed by atoms with E-state index in [9.17, 15) is 13.2 Å². The summed E-state index contributed by atoms with van der Waals surface area (Å²) < 4.78 is 87.0. The van der Waals surface area contributed by atoms with Crippen molar-refractivity contribution in [1.82, 2.24) is 29.5 Å². The topological polar surface area (TPSA) is 99.8 Å². The SMILES string of the molecule is COc1ncc(-c2cc(N3C[C@H](Oc4ccnc(C(F)F)c4)C(F)(F)C3)c3ncc(F)n3n2)c(OC)n1.